The van der Waals surface area contributed by atoms with Crippen LogP contribution in [0.15, 0.2) is 29.1 Å². The minimum Gasteiger partial charge on any atom is -0.504 e. The molecule has 2 bridgehead atoms. The van der Waals surface area contributed by atoms with E-state index in [-0.39, 0.29) is 27.9 Å². The van der Waals surface area contributed by atoms with Crippen LogP contribution in [0.1, 0.15) is 52.2 Å². The van der Waals surface area contributed by atoms with Gasteiger partial charge in [0.1, 0.15) is 18.3 Å². The first-order chi connectivity index (χ1) is 24.1. The second-order valence-corrected chi connectivity index (χ2v) is 12.6. The number of carbonyl (C=O) groups excluding carboxylic acids is 5. The molecule has 2 aromatic rings. The third-order valence-electron chi connectivity index (χ3n) is 8.67. The molecule has 5 aliphatic rings. The number of aliphatic carboxylic acids is 2. The lowest BCUT2D eigenvalue weighted by Gasteiger charge is -2.34. The molecule has 51 heavy (non-hydrogen) atoms. The van der Waals surface area contributed by atoms with Crippen LogP contribution >= 0.6 is 11.5 Å². The molecule has 0 radical (unpaired) electrons. The number of oxime groups is 1. The number of phenols is 2. The lowest BCUT2D eigenvalue weighted by Crippen LogP contribution is -2.56. The Kier molecular flexibility index (Phi) is 7.64. The number of nitrogens with two attached hydrogens (primary N) is 1. The Hall–Kier alpha value is -6.20. The molecule has 4 atom stereocenters. The van der Waals surface area contributed by atoms with Gasteiger partial charge in [-0.3, -0.25) is 24.0 Å². The van der Waals surface area contributed by atoms with Crippen LogP contribution in [-0.2, 0) is 43.1 Å². The second kappa shape index (κ2) is 11.7. The van der Waals surface area contributed by atoms with E-state index in [0.717, 1.165) is 12.1 Å². The molecule has 1 aromatic heterocycles. The van der Waals surface area contributed by atoms with Crippen molar-refractivity contribution in [1.29, 1.82) is 0 Å². The first-order valence-corrected chi connectivity index (χ1v) is 15.6. The van der Waals surface area contributed by atoms with Crippen molar-refractivity contribution >= 4 is 63.9 Å². The predicted molar refractivity (Wildman–Crippen MR) is 159 cm³/mol. The third-order valence-corrected chi connectivity index (χ3v) is 9.22. The zero-order valence-corrected chi connectivity index (χ0v) is 26.3. The van der Waals surface area contributed by atoms with Gasteiger partial charge in [-0.05, 0) is 25.0 Å². The molecular weight excluding hydrogens is 706 g/mol. The number of cyclic esters (lactones) is 1. The Bertz CT molecular complexity index is 1980. The minimum absolute atomic E-state index is 0.0784. The third kappa shape index (κ3) is 5.24. The van der Waals surface area contributed by atoms with E-state index in [1.807, 2.05) is 0 Å². The standard InChI is InChI=1S/C28H23N7O15S/c29-26-31-18(33-51-26)17(32-50-27(24(43)44)5-9-1-2-10(6-27)48-9)19(38)30-13-8-47-35(22(13)41)28(25(45)46)7-14(23(42)49-28)34-20(39)11-3-15(36)16(37)4-12(11)21(34)40/h3-4,7,9-10,13,36-37H,1-2,5-6,8H2,(H,30,38)(H,43,44)(H,45,46)(H2,29,31,33)/b32-17-/t9?,10?,13-,27?,28?/m0/s1. The number of rotatable bonds is 9. The molecule has 7 N–H and O–H groups in total. The Morgan fingerprint density at radius 1 is 1.02 bits per heavy atom. The number of fused-ring (bicyclic) bond motifs is 3. The zero-order chi connectivity index (χ0) is 36.6. The molecule has 0 aliphatic carbocycles. The molecule has 22 nitrogen and oxygen atoms in total. The van der Waals surface area contributed by atoms with Gasteiger partial charge in [-0.15, -0.1) is 0 Å². The largest absolute Gasteiger partial charge is 0.504 e. The van der Waals surface area contributed by atoms with Crippen LogP contribution in [0, 0.1) is 0 Å². The second-order valence-electron chi connectivity index (χ2n) is 11.9. The molecule has 23 heteroatoms. The highest BCUT2D eigenvalue weighted by Crippen LogP contribution is 2.42. The molecule has 0 spiro atoms. The summed E-state index contributed by atoms with van der Waals surface area (Å²) in [6, 6.07) is -0.156. The number of nitrogens with one attached hydrogen (secondary N) is 1. The Balaban J connectivity index is 1.14. The van der Waals surface area contributed by atoms with Crippen molar-refractivity contribution in [1.82, 2.24) is 24.6 Å². The fourth-order valence-corrected chi connectivity index (χ4v) is 6.68. The SMILES string of the molecule is Nc1nc(/C(=N/OC2(C(=O)O)CC3CCC(C2)O3)C(=O)N[C@H]2CON(C3(C(=O)O)C=C(N4C(=O)c5cc(O)c(O)cc5C4=O)C(=O)O3)C2=O)ns1. The normalized spacial score (nSPS) is 28.5. The molecule has 3 saturated heterocycles. The number of aromatic hydroxyl groups is 2. The van der Waals surface area contributed by atoms with Crippen LogP contribution in [0.2, 0.25) is 0 Å². The number of ether oxygens (including phenoxy) is 2. The van der Waals surface area contributed by atoms with Crippen LogP contribution in [-0.4, -0.2) is 123 Å². The number of imide groups is 1. The molecule has 3 unspecified atom stereocenters. The maximum absolute atomic E-state index is 13.5. The van der Waals surface area contributed by atoms with E-state index in [9.17, 15) is 54.0 Å². The van der Waals surface area contributed by atoms with Crippen molar-refractivity contribution in [2.24, 2.45) is 5.16 Å². The van der Waals surface area contributed by atoms with Crippen molar-refractivity contribution in [3.63, 3.8) is 0 Å². The number of nitrogens with zero attached hydrogens (tertiary/aromatic N) is 5. The van der Waals surface area contributed by atoms with E-state index in [1.165, 1.54) is 0 Å². The quantitative estimate of drug-likeness (QED) is 0.0545. The van der Waals surface area contributed by atoms with Gasteiger partial charge in [-0.25, -0.2) is 19.3 Å². The number of carboxylic acids is 2. The van der Waals surface area contributed by atoms with E-state index in [0.29, 0.717) is 30.5 Å². The summed E-state index contributed by atoms with van der Waals surface area (Å²) in [5, 5.41) is 45.8. The van der Waals surface area contributed by atoms with Crippen LogP contribution in [0.4, 0.5) is 5.13 Å². The molecule has 3 fully saturated rings. The minimum atomic E-state index is -3.09. The summed E-state index contributed by atoms with van der Waals surface area (Å²) in [4.78, 5) is 106. The summed E-state index contributed by atoms with van der Waals surface area (Å²) in [5.74, 6) is -11.7. The predicted octanol–water partition coefficient (Wildman–Crippen LogP) is -1.81. The fraction of sp³-hybridized carbons (Fsp3) is 0.357. The van der Waals surface area contributed by atoms with Crippen molar-refractivity contribution in [3.8, 4) is 11.5 Å². The molecule has 0 saturated carbocycles. The molecule has 4 amide bonds. The van der Waals surface area contributed by atoms with Gasteiger partial charge in [-0.1, -0.05) is 5.16 Å². The molecule has 266 valence electrons. The van der Waals surface area contributed by atoms with Gasteiger partial charge in [0.15, 0.2) is 16.6 Å². The number of esters is 1. The highest BCUT2D eigenvalue weighted by molar-refractivity contribution is 7.09. The average Bonchev–Trinajstić information content (AvgIpc) is 3.88. The lowest BCUT2D eigenvalue weighted by molar-refractivity contribution is -0.246. The van der Waals surface area contributed by atoms with Gasteiger partial charge in [0.05, 0.1) is 23.3 Å². The highest BCUT2D eigenvalue weighted by atomic mass is 32.1. The lowest BCUT2D eigenvalue weighted by atomic mass is 9.90. The molecule has 1 aromatic carbocycles. The number of amides is 4. The topological polar surface area (TPSA) is 320 Å². The summed E-state index contributed by atoms with van der Waals surface area (Å²) < 4.78 is 14.6. The van der Waals surface area contributed by atoms with E-state index in [1.54, 1.807) is 0 Å². The number of carboxylic acid groups (broad SMARTS) is 2. The van der Waals surface area contributed by atoms with Gasteiger partial charge < -0.3 is 45.8 Å². The average molecular weight is 730 g/mol. The van der Waals surface area contributed by atoms with Crippen LogP contribution in [0.25, 0.3) is 0 Å². The summed E-state index contributed by atoms with van der Waals surface area (Å²) >= 11 is 0.667. The van der Waals surface area contributed by atoms with Gasteiger partial charge in [0.25, 0.3) is 23.6 Å². The van der Waals surface area contributed by atoms with Gasteiger partial charge in [-0.2, -0.15) is 14.4 Å². The van der Waals surface area contributed by atoms with E-state index in [2.05, 4.69) is 19.8 Å². The van der Waals surface area contributed by atoms with Crippen molar-refractivity contribution in [3.05, 3.63) is 40.9 Å². The van der Waals surface area contributed by atoms with Crippen molar-refractivity contribution in [2.75, 3.05) is 12.3 Å². The molecule has 7 rings (SSSR count). The maximum atomic E-state index is 13.5. The first kappa shape index (κ1) is 33.3. The van der Waals surface area contributed by atoms with E-state index >= 15 is 0 Å². The first-order valence-electron chi connectivity index (χ1n) is 14.8. The zero-order valence-electron chi connectivity index (χ0n) is 25.5. The molecular formula is C28H23N7O15S. The number of anilines is 1. The van der Waals surface area contributed by atoms with Gasteiger partial charge >= 0.3 is 23.6 Å². The van der Waals surface area contributed by atoms with E-state index in [4.69, 9.17) is 24.9 Å². The summed E-state index contributed by atoms with van der Waals surface area (Å²) in [5.41, 5.74) is -1.77. The Morgan fingerprint density at radius 2 is 1.65 bits per heavy atom. The van der Waals surface area contributed by atoms with Gasteiger partial charge in [0.2, 0.25) is 17.1 Å². The number of hydrogen-bond acceptors (Lipinski definition) is 18. The molecule has 6 heterocycles. The highest BCUT2D eigenvalue weighted by Gasteiger charge is 2.61. The van der Waals surface area contributed by atoms with Crippen molar-refractivity contribution in [2.45, 2.75) is 55.3 Å². The number of phenolic OH excluding ortho intramolecular Hbond substituents is 2. The number of hydrogen-bond donors (Lipinski definition) is 6. The van der Waals surface area contributed by atoms with Crippen LogP contribution < -0.4 is 11.1 Å². The van der Waals surface area contributed by atoms with Gasteiger partial charge in [0, 0.05) is 30.5 Å². The smallest absolute Gasteiger partial charge is 0.377 e. The van der Waals surface area contributed by atoms with Crippen molar-refractivity contribution < 1.29 is 73.1 Å². The van der Waals surface area contributed by atoms with E-state index < -0.39 is 118 Å². The summed E-state index contributed by atoms with van der Waals surface area (Å²) in [6.45, 7) is -0.744. The number of aromatic nitrogens is 2. The number of benzene rings is 1. The molecule has 5 aliphatic heterocycles. The summed E-state index contributed by atoms with van der Waals surface area (Å²) in [7, 11) is 0. The monoisotopic (exact) mass is 729 g/mol. The Morgan fingerprint density at radius 3 is 2.20 bits per heavy atom. The van der Waals surface area contributed by atoms with Crippen LogP contribution in [0.3, 0.4) is 0 Å². The maximum Gasteiger partial charge on any atom is 0.377 e. The number of nitrogen functional groups attached to an aromatic ring is 1. The fourth-order valence-electron chi connectivity index (χ4n) is 6.25. The number of hydroxylamine groups is 2. The Labute approximate surface area is 286 Å². The van der Waals surface area contributed by atoms with Crippen LogP contribution in [0.5, 0.6) is 11.5 Å². The number of carbonyl (C=O) groups is 7. The summed E-state index contributed by atoms with van der Waals surface area (Å²) in [6.07, 6.45) is 0.675.